The van der Waals surface area contributed by atoms with Gasteiger partial charge in [0, 0.05) is 10.9 Å². The number of carbonyl (C=O) groups is 1. The first-order chi connectivity index (χ1) is 7.77. The fraction of sp³-hybridized carbons (Fsp3) is 0.364. The van der Waals surface area contributed by atoms with Crippen molar-refractivity contribution in [1.29, 1.82) is 0 Å². The highest BCUT2D eigenvalue weighted by molar-refractivity contribution is 9.08. The zero-order valence-corrected chi connectivity index (χ0v) is 10.4. The first-order valence-electron chi connectivity index (χ1n) is 4.83. The average molecular weight is 287 g/mol. The summed E-state index contributed by atoms with van der Waals surface area (Å²) in [7, 11) is 1.36. The van der Waals surface area contributed by atoms with Gasteiger partial charge in [0.2, 0.25) is 0 Å². The third kappa shape index (κ3) is 1.87. The number of halogens is 1. The highest BCUT2D eigenvalue weighted by Crippen LogP contribution is 2.37. The van der Waals surface area contributed by atoms with Crippen LogP contribution in [0.25, 0.3) is 0 Å². The van der Waals surface area contributed by atoms with E-state index in [0.29, 0.717) is 35.6 Å². The monoisotopic (exact) mass is 286 g/mol. The molecule has 0 radical (unpaired) electrons. The smallest absolute Gasteiger partial charge is 0.338 e. The first-order valence-corrected chi connectivity index (χ1v) is 5.96. The van der Waals surface area contributed by atoms with E-state index in [0.717, 1.165) is 5.56 Å². The zero-order valence-electron chi connectivity index (χ0n) is 8.79. The van der Waals surface area contributed by atoms with Crippen LogP contribution in [-0.2, 0) is 10.1 Å². The number of hydrogen-bond acceptors (Lipinski definition) is 4. The SMILES string of the molecule is COC(=O)c1ccc2c(c1CBr)OCCO2. The minimum atomic E-state index is -0.369. The van der Waals surface area contributed by atoms with Crippen molar-refractivity contribution < 1.29 is 19.0 Å². The van der Waals surface area contributed by atoms with Crippen LogP contribution in [0.1, 0.15) is 15.9 Å². The lowest BCUT2D eigenvalue weighted by Gasteiger charge is -2.21. The summed E-state index contributed by atoms with van der Waals surface area (Å²) >= 11 is 3.34. The molecule has 0 spiro atoms. The number of alkyl halides is 1. The Hall–Kier alpha value is -1.23. The summed E-state index contributed by atoms with van der Waals surface area (Å²) in [6, 6.07) is 3.42. The molecule has 1 aliphatic heterocycles. The third-order valence-corrected chi connectivity index (χ3v) is 2.91. The Bertz CT molecular complexity index is 417. The van der Waals surface area contributed by atoms with Crippen molar-refractivity contribution in [3.05, 3.63) is 23.3 Å². The Morgan fingerprint density at radius 1 is 1.44 bits per heavy atom. The Balaban J connectivity index is 2.51. The molecule has 1 aromatic rings. The predicted octanol–water partition coefficient (Wildman–Crippen LogP) is 2.14. The fourth-order valence-corrected chi connectivity index (χ4v) is 2.16. The van der Waals surface area contributed by atoms with Crippen LogP contribution in [-0.4, -0.2) is 26.3 Å². The molecular weight excluding hydrogens is 276 g/mol. The number of benzene rings is 1. The molecule has 1 aromatic carbocycles. The van der Waals surface area contributed by atoms with E-state index in [1.54, 1.807) is 12.1 Å². The van der Waals surface area contributed by atoms with E-state index in [2.05, 4.69) is 15.9 Å². The zero-order chi connectivity index (χ0) is 11.5. The summed E-state index contributed by atoms with van der Waals surface area (Å²) in [6.45, 7) is 1.03. The maximum Gasteiger partial charge on any atom is 0.338 e. The van der Waals surface area contributed by atoms with Gasteiger partial charge >= 0.3 is 5.97 Å². The Morgan fingerprint density at radius 2 is 2.19 bits per heavy atom. The maximum absolute atomic E-state index is 11.5. The number of carbonyl (C=O) groups excluding carboxylic acids is 1. The number of ether oxygens (including phenoxy) is 3. The van der Waals surface area contributed by atoms with E-state index in [-0.39, 0.29) is 5.97 Å². The summed E-state index contributed by atoms with van der Waals surface area (Å²) < 4.78 is 15.7. The largest absolute Gasteiger partial charge is 0.486 e. The lowest BCUT2D eigenvalue weighted by atomic mass is 10.1. The number of esters is 1. The highest BCUT2D eigenvalue weighted by Gasteiger charge is 2.22. The van der Waals surface area contributed by atoms with Gasteiger partial charge in [-0.3, -0.25) is 0 Å². The van der Waals surface area contributed by atoms with Crippen molar-refractivity contribution in [3.8, 4) is 11.5 Å². The molecule has 2 rings (SSSR count). The predicted molar refractivity (Wildman–Crippen MR) is 61.4 cm³/mol. The minimum Gasteiger partial charge on any atom is -0.486 e. The van der Waals surface area contributed by atoms with E-state index in [9.17, 15) is 4.79 Å². The topological polar surface area (TPSA) is 44.8 Å². The first kappa shape index (κ1) is 11.3. The molecule has 5 heteroatoms. The number of fused-ring (bicyclic) bond motifs is 1. The molecule has 0 amide bonds. The molecule has 0 N–H and O–H groups in total. The molecule has 0 aromatic heterocycles. The van der Waals surface area contributed by atoms with Crippen molar-refractivity contribution in [3.63, 3.8) is 0 Å². The van der Waals surface area contributed by atoms with Gasteiger partial charge in [-0.15, -0.1) is 0 Å². The molecule has 86 valence electrons. The lowest BCUT2D eigenvalue weighted by molar-refractivity contribution is 0.0598. The molecule has 1 heterocycles. The number of methoxy groups -OCH3 is 1. The Morgan fingerprint density at radius 3 is 2.88 bits per heavy atom. The molecule has 0 atom stereocenters. The Kier molecular flexibility index (Phi) is 3.33. The molecule has 0 fully saturated rings. The van der Waals surface area contributed by atoms with E-state index in [1.807, 2.05) is 0 Å². The summed E-state index contributed by atoms with van der Waals surface area (Å²) in [4.78, 5) is 11.5. The quantitative estimate of drug-likeness (QED) is 0.617. The number of rotatable bonds is 2. The van der Waals surface area contributed by atoms with Crippen LogP contribution in [0.2, 0.25) is 0 Å². The Labute approximate surface area is 102 Å². The van der Waals surface area contributed by atoms with Gasteiger partial charge in [0.25, 0.3) is 0 Å². The van der Waals surface area contributed by atoms with Crippen molar-refractivity contribution in [2.24, 2.45) is 0 Å². The van der Waals surface area contributed by atoms with Crippen molar-refractivity contribution >= 4 is 21.9 Å². The van der Waals surface area contributed by atoms with Crippen LogP contribution < -0.4 is 9.47 Å². The van der Waals surface area contributed by atoms with Crippen molar-refractivity contribution in [1.82, 2.24) is 0 Å². The van der Waals surface area contributed by atoms with Crippen LogP contribution in [0.5, 0.6) is 11.5 Å². The maximum atomic E-state index is 11.5. The molecular formula is C11H11BrO4. The molecule has 0 bridgehead atoms. The molecule has 0 aliphatic carbocycles. The molecule has 0 saturated heterocycles. The second-order valence-electron chi connectivity index (χ2n) is 3.24. The molecule has 4 nitrogen and oxygen atoms in total. The van der Waals surface area contributed by atoms with Gasteiger partial charge in [-0.2, -0.15) is 0 Å². The lowest BCUT2D eigenvalue weighted by Crippen LogP contribution is -2.18. The molecule has 0 unspecified atom stereocenters. The van der Waals surface area contributed by atoms with Gasteiger partial charge in [-0.25, -0.2) is 4.79 Å². The number of hydrogen-bond donors (Lipinski definition) is 0. The summed E-state index contributed by atoms with van der Waals surface area (Å²) in [5.74, 6) is 0.936. The van der Waals surface area contributed by atoms with Crippen LogP contribution in [0.3, 0.4) is 0 Å². The standard InChI is InChI=1S/C11H11BrO4/c1-14-11(13)7-2-3-9-10(8(7)6-12)16-5-4-15-9/h2-3H,4-6H2,1H3. The van der Waals surface area contributed by atoms with E-state index in [4.69, 9.17) is 14.2 Å². The second-order valence-corrected chi connectivity index (χ2v) is 3.80. The molecule has 1 aliphatic rings. The van der Waals surface area contributed by atoms with Gasteiger partial charge in [0.1, 0.15) is 13.2 Å². The van der Waals surface area contributed by atoms with Gasteiger partial charge in [-0.1, -0.05) is 15.9 Å². The summed E-state index contributed by atoms with van der Waals surface area (Å²) in [5, 5.41) is 0.518. The summed E-state index contributed by atoms with van der Waals surface area (Å²) in [5.41, 5.74) is 1.27. The highest BCUT2D eigenvalue weighted by atomic mass is 79.9. The van der Waals surface area contributed by atoms with Gasteiger partial charge in [0.05, 0.1) is 12.7 Å². The normalized spacial score (nSPS) is 13.4. The van der Waals surface area contributed by atoms with Gasteiger partial charge in [0.15, 0.2) is 11.5 Å². The van der Waals surface area contributed by atoms with E-state index >= 15 is 0 Å². The van der Waals surface area contributed by atoms with Gasteiger partial charge in [-0.05, 0) is 12.1 Å². The summed E-state index contributed by atoms with van der Waals surface area (Å²) in [6.07, 6.45) is 0. The average Bonchev–Trinajstić information content (AvgIpc) is 2.36. The minimum absolute atomic E-state index is 0.369. The van der Waals surface area contributed by atoms with E-state index < -0.39 is 0 Å². The van der Waals surface area contributed by atoms with E-state index in [1.165, 1.54) is 7.11 Å². The molecule has 16 heavy (non-hydrogen) atoms. The van der Waals surface area contributed by atoms with Crippen LogP contribution in [0.4, 0.5) is 0 Å². The van der Waals surface area contributed by atoms with Crippen molar-refractivity contribution in [2.75, 3.05) is 20.3 Å². The molecule has 0 saturated carbocycles. The van der Waals surface area contributed by atoms with Gasteiger partial charge < -0.3 is 14.2 Å². The third-order valence-electron chi connectivity index (χ3n) is 2.35. The second kappa shape index (κ2) is 4.74. The van der Waals surface area contributed by atoms with Crippen LogP contribution >= 0.6 is 15.9 Å². The fourth-order valence-electron chi connectivity index (χ4n) is 1.61. The van der Waals surface area contributed by atoms with Crippen molar-refractivity contribution in [2.45, 2.75) is 5.33 Å². The van der Waals surface area contributed by atoms with Crippen LogP contribution in [0, 0.1) is 0 Å². The van der Waals surface area contributed by atoms with Crippen LogP contribution in [0.15, 0.2) is 12.1 Å².